The molecule has 1 saturated heterocycles. The predicted octanol–water partition coefficient (Wildman–Crippen LogP) is 3.41. The summed E-state index contributed by atoms with van der Waals surface area (Å²) >= 11 is 0. The van der Waals surface area contributed by atoms with Crippen LogP contribution < -0.4 is 0 Å². The van der Waals surface area contributed by atoms with Gasteiger partial charge in [-0.05, 0) is 41.3 Å². The molecule has 0 aromatic heterocycles. The molecule has 3 rings (SSSR count). The fraction of sp³-hybridized carbons (Fsp3) is 0.350. The molecular weight excluding hydrogens is 423 g/mol. The Kier molecular flexibility index (Phi) is 6.21. The van der Waals surface area contributed by atoms with E-state index in [4.69, 9.17) is 9.84 Å². The van der Waals surface area contributed by atoms with Gasteiger partial charge in [0.2, 0.25) is 10.0 Å². The largest absolute Gasteiger partial charge is 0.481 e. The van der Waals surface area contributed by atoms with Crippen LogP contribution in [0.3, 0.4) is 0 Å². The van der Waals surface area contributed by atoms with Crippen molar-refractivity contribution in [1.82, 2.24) is 4.31 Å². The monoisotopic (exact) mass is 443 g/mol. The third-order valence-electron chi connectivity index (χ3n) is 4.72. The number of nitrogens with zero attached hydrogens (tertiary/aromatic N) is 1. The molecule has 1 fully saturated rings. The highest BCUT2D eigenvalue weighted by atomic mass is 32.2. The molecule has 1 atom stereocenters. The number of alkyl halides is 3. The fourth-order valence-corrected chi connectivity index (χ4v) is 4.21. The minimum Gasteiger partial charge on any atom is -0.481 e. The summed E-state index contributed by atoms with van der Waals surface area (Å²) < 4.78 is 71.9. The zero-order valence-corrected chi connectivity index (χ0v) is 16.8. The van der Waals surface area contributed by atoms with Crippen LogP contribution >= 0.6 is 0 Å². The van der Waals surface area contributed by atoms with E-state index in [2.05, 4.69) is 0 Å². The lowest BCUT2D eigenvalue weighted by molar-refractivity contribution is -0.138. The molecule has 1 aliphatic heterocycles. The van der Waals surface area contributed by atoms with Crippen LogP contribution in [0.15, 0.2) is 47.4 Å². The number of carboxylic acids is 1. The van der Waals surface area contributed by atoms with Crippen LogP contribution in [0.1, 0.15) is 17.5 Å². The summed E-state index contributed by atoms with van der Waals surface area (Å²) in [5, 5.41) is 8.75. The van der Waals surface area contributed by atoms with Gasteiger partial charge in [-0.1, -0.05) is 24.3 Å². The Balaban J connectivity index is 1.98. The highest BCUT2D eigenvalue weighted by molar-refractivity contribution is 7.89. The van der Waals surface area contributed by atoms with Crippen molar-refractivity contribution in [1.29, 1.82) is 0 Å². The second kappa shape index (κ2) is 8.37. The molecule has 162 valence electrons. The molecular formula is C20H20F3NO5S. The van der Waals surface area contributed by atoms with Crippen molar-refractivity contribution in [2.45, 2.75) is 30.0 Å². The Bertz CT molecular complexity index is 1030. The number of hydrogen-bond donors (Lipinski definition) is 1. The summed E-state index contributed by atoms with van der Waals surface area (Å²) in [5.74, 6) is -0.951. The SMILES string of the molecule is CN(C[C@H]1CO1)S(=O)(=O)c1cc(-c2ccc(CCC(=O)O)cc2)cc(C(F)(F)F)c1. The summed E-state index contributed by atoms with van der Waals surface area (Å²) in [7, 11) is -2.85. The number of likely N-dealkylation sites (N-methyl/N-ethyl adjacent to an activating group) is 1. The molecule has 0 aliphatic carbocycles. The number of sulfonamides is 1. The zero-order chi connectivity index (χ0) is 22.1. The molecule has 0 bridgehead atoms. The molecule has 0 radical (unpaired) electrons. The van der Waals surface area contributed by atoms with E-state index in [1.165, 1.54) is 13.1 Å². The molecule has 10 heteroatoms. The van der Waals surface area contributed by atoms with Gasteiger partial charge in [0.1, 0.15) is 0 Å². The van der Waals surface area contributed by atoms with E-state index in [0.717, 1.165) is 10.4 Å². The molecule has 1 aliphatic rings. The quantitative estimate of drug-likeness (QED) is 0.632. The minimum absolute atomic E-state index is 0.0617. The Morgan fingerprint density at radius 3 is 2.33 bits per heavy atom. The molecule has 6 nitrogen and oxygen atoms in total. The highest BCUT2D eigenvalue weighted by Crippen LogP contribution is 2.35. The van der Waals surface area contributed by atoms with E-state index in [-0.39, 0.29) is 31.1 Å². The van der Waals surface area contributed by atoms with Gasteiger partial charge in [0, 0.05) is 20.0 Å². The smallest absolute Gasteiger partial charge is 0.416 e. The number of rotatable bonds is 8. The molecule has 2 aromatic rings. The zero-order valence-electron chi connectivity index (χ0n) is 16.0. The van der Waals surface area contributed by atoms with Crippen molar-refractivity contribution in [2.75, 3.05) is 20.2 Å². The van der Waals surface area contributed by atoms with Crippen LogP contribution in [0.2, 0.25) is 0 Å². The van der Waals surface area contributed by atoms with E-state index in [1.54, 1.807) is 24.3 Å². The predicted molar refractivity (Wildman–Crippen MR) is 102 cm³/mol. The Morgan fingerprint density at radius 1 is 1.17 bits per heavy atom. The molecule has 2 aromatic carbocycles. The van der Waals surface area contributed by atoms with Gasteiger partial charge in [-0.25, -0.2) is 8.42 Å². The van der Waals surface area contributed by atoms with Crippen LogP contribution in [0.4, 0.5) is 13.2 Å². The molecule has 1 N–H and O–H groups in total. The van der Waals surface area contributed by atoms with Gasteiger partial charge in [0.05, 0.1) is 23.2 Å². The number of epoxide rings is 1. The summed E-state index contributed by atoms with van der Waals surface area (Å²) in [6.07, 6.45) is -4.75. The van der Waals surface area contributed by atoms with Gasteiger partial charge >= 0.3 is 12.1 Å². The number of aliphatic carboxylic acids is 1. The minimum atomic E-state index is -4.72. The molecule has 0 amide bonds. The van der Waals surface area contributed by atoms with Crippen LogP contribution in [0.5, 0.6) is 0 Å². The number of carbonyl (C=O) groups is 1. The fourth-order valence-electron chi connectivity index (χ4n) is 2.93. The lowest BCUT2D eigenvalue weighted by atomic mass is 10.0. The lowest BCUT2D eigenvalue weighted by Gasteiger charge is -2.18. The highest BCUT2D eigenvalue weighted by Gasteiger charge is 2.35. The van der Waals surface area contributed by atoms with Gasteiger partial charge in [-0.3, -0.25) is 4.79 Å². The maximum Gasteiger partial charge on any atom is 0.416 e. The average Bonchev–Trinajstić information content (AvgIpc) is 3.49. The summed E-state index contributed by atoms with van der Waals surface area (Å²) in [5.41, 5.74) is 0.142. The number of ether oxygens (including phenoxy) is 1. The topological polar surface area (TPSA) is 87.2 Å². The Labute approximate surface area is 171 Å². The van der Waals surface area contributed by atoms with E-state index in [0.29, 0.717) is 23.8 Å². The van der Waals surface area contributed by atoms with Gasteiger partial charge in [0.15, 0.2) is 0 Å². The van der Waals surface area contributed by atoms with Crippen molar-refractivity contribution in [3.63, 3.8) is 0 Å². The van der Waals surface area contributed by atoms with Crippen molar-refractivity contribution < 1.29 is 36.2 Å². The van der Waals surface area contributed by atoms with E-state index in [1.807, 2.05) is 0 Å². The first kappa shape index (κ1) is 22.3. The number of carboxylic acid groups (broad SMARTS) is 1. The maximum absolute atomic E-state index is 13.4. The van der Waals surface area contributed by atoms with Crippen molar-refractivity contribution >= 4 is 16.0 Å². The molecule has 30 heavy (non-hydrogen) atoms. The second-order valence-corrected chi connectivity index (χ2v) is 9.12. The molecule has 0 saturated carbocycles. The van der Waals surface area contributed by atoms with Gasteiger partial charge in [-0.15, -0.1) is 0 Å². The standard InChI is InChI=1S/C20H20F3NO5S/c1-24(11-17-12-29-17)30(27,28)18-9-15(8-16(10-18)20(21,22)23)14-5-2-13(3-6-14)4-7-19(25)26/h2-3,5-6,8-10,17H,4,7,11-12H2,1H3,(H,25,26)/t17-/m0/s1. The number of hydrogen-bond acceptors (Lipinski definition) is 4. The maximum atomic E-state index is 13.4. The Morgan fingerprint density at radius 2 is 1.80 bits per heavy atom. The Hall–Kier alpha value is -2.43. The van der Waals surface area contributed by atoms with Crippen LogP contribution in [-0.2, 0) is 32.2 Å². The van der Waals surface area contributed by atoms with Crippen molar-refractivity contribution in [3.8, 4) is 11.1 Å². The van der Waals surface area contributed by atoms with Gasteiger partial charge in [-0.2, -0.15) is 17.5 Å². The molecule has 0 unspecified atom stereocenters. The van der Waals surface area contributed by atoms with E-state index < -0.39 is 32.6 Å². The van der Waals surface area contributed by atoms with Crippen molar-refractivity contribution in [2.24, 2.45) is 0 Å². The summed E-state index contributed by atoms with van der Waals surface area (Å²) in [6.45, 7) is 0.480. The van der Waals surface area contributed by atoms with E-state index >= 15 is 0 Å². The van der Waals surface area contributed by atoms with Crippen molar-refractivity contribution in [3.05, 3.63) is 53.6 Å². The normalized spacial score (nSPS) is 16.6. The van der Waals surface area contributed by atoms with Gasteiger partial charge in [0.25, 0.3) is 0 Å². The van der Waals surface area contributed by atoms with Crippen LogP contribution in [-0.4, -0.2) is 50.1 Å². The average molecular weight is 443 g/mol. The second-order valence-electron chi connectivity index (χ2n) is 7.08. The first-order valence-electron chi connectivity index (χ1n) is 9.08. The van der Waals surface area contributed by atoms with Gasteiger partial charge < -0.3 is 9.84 Å². The lowest BCUT2D eigenvalue weighted by Crippen LogP contribution is -2.30. The third-order valence-corrected chi connectivity index (χ3v) is 6.52. The number of benzene rings is 2. The molecule has 1 heterocycles. The third kappa shape index (κ3) is 5.38. The first-order valence-corrected chi connectivity index (χ1v) is 10.5. The number of aryl methyl sites for hydroxylation is 1. The first-order chi connectivity index (χ1) is 14.0. The summed E-state index contributed by atoms with van der Waals surface area (Å²) in [4.78, 5) is 10.2. The van der Waals surface area contributed by atoms with E-state index in [9.17, 15) is 26.4 Å². The summed E-state index contributed by atoms with van der Waals surface area (Å²) in [6, 6.07) is 9.06. The number of halogens is 3. The molecule has 0 spiro atoms. The van der Waals surface area contributed by atoms with Crippen LogP contribution in [0.25, 0.3) is 11.1 Å². The van der Waals surface area contributed by atoms with Crippen LogP contribution in [0, 0.1) is 0 Å².